The van der Waals surface area contributed by atoms with Gasteiger partial charge in [0.1, 0.15) is 0 Å². The van der Waals surface area contributed by atoms with Crippen LogP contribution in [-0.4, -0.2) is 25.5 Å². The Kier molecular flexibility index (Phi) is 6.11. The van der Waals surface area contributed by atoms with Crippen molar-refractivity contribution in [2.24, 2.45) is 5.92 Å². The summed E-state index contributed by atoms with van der Waals surface area (Å²) >= 11 is 0. The van der Waals surface area contributed by atoms with Crippen LogP contribution < -0.4 is 4.72 Å². The van der Waals surface area contributed by atoms with E-state index >= 15 is 0 Å². The Morgan fingerprint density at radius 1 is 1.38 bits per heavy atom. The molecule has 21 heavy (non-hydrogen) atoms. The Labute approximate surface area is 125 Å². The molecule has 0 fully saturated rings. The van der Waals surface area contributed by atoms with Gasteiger partial charge in [-0.1, -0.05) is 32.4 Å². The second-order valence-electron chi connectivity index (χ2n) is 5.04. The number of hydrogen-bond donors (Lipinski definition) is 2. The Balaban J connectivity index is 2.98. The van der Waals surface area contributed by atoms with Crippen molar-refractivity contribution >= 4 is 22.1 Å². The summed E-state index contributed by atoms with van der Waals surface area (Å²) in [5.41, 5.74) is 0.525. The van der Waals surface area contributed by atoms with Crippen molar-refractivity contribution in [3.8, 4) is 0 Å². The van der Waals surface area contributed by atoms with Crippen LogP contribution in [0.2, 0.25) is 0 Å². The van der Waals surface area contributed by atoms with Gasteiger partial charge in [0.2, 0.25) is 10.0 Å². The number of benzene rings is 1. The molecule has 0 aliphatic rings. The van der Waals surface area contributed by atoms with Crippen molar-refractivity contribution in [1.82, 2.24) is 4.72 Å². The van der Waals surface area contributed by atoms with Gasteiger partial charge in [-0.15, -0.1) is 0 Å². The fourth-order valence-electron chi connectivity index (χ4n) is 1.74. The summed E-state index contributed by atoms with van der Waals surface area (Å²) in [6.45, 7) is 5.83. The lowest BCUT2D eigenvalue weighted by Crippen LogP contribution is -2.36. The van der Waals surface area contributed by atoms with Crippen LogP contribution in [0, 0.1) is 5.92 Å². The Morgan fingerprint density at radius 3 is 2.62 bits per heavy atom. The van der Waals surface area contributed by atoms with Gasteiger partial charge >= 0.3 is 5.97 Å². The molecular formula is C15H21NO4S. The molecule has 2 unspecified atom stereocenters. The smallest absolute Gasteiger partial charge is 0.328 e. The summed E-state index contributed by atoms with van der Waals surface area (Å²) in [5.74, 6) is -0.846. The van der Waals surface area contributed by atoms with Crippen molar-refractivity contribution in [3.63, 3.8) is 0 Å². The number of aliphatic carboxylic acids is 1. The van der Waals surface area contributed by atoms with Gasteiger partial charge in [-0.3, -0.25) is 0 Å². The van der Waals surface area contributed by atoms with Crippen molar-refractivity contribution in [1.29, 1.82) is 0 Å². The summed E-state index contributed by atoms with van der Waals surface area (Å²) in [4.78, 5) is 10.6. The Bertz CT molecular complexity index is 622. The van der Waals surface area contributed by atoms with E-state index in [0.29, 0.717) is 5.56 Å². The molecule has 0 bridgehead atoms. The normalized spacial score (nSPS) is 15.0. The lowest BCUT2D eigenvalue weighted by atomic mass is 10.0. The molecule has 1 rings (SSSR count). The average molecular weight is 311 g/mol. The highest BCUT2D eigenvalue weighted by atomic mass is 32.2. The molecule has 2 N–H and O–H groups in total. The number of carboxylic acids is 1. The first kappa shape index (κ1) is 17.4. The summed E-state index contributed by atoms with van der Waals surface area (Å²) in [5, 5.41) is 8.59. The Hall–Kier alpha value is -1.66. The second-order valence-corrected chi connectivity index (χ2v) is 6.75. The molecule has 0 aliphatic heterocycles. The summed E-state index contributed by atoms with van der Waals surface area (Å²) in [7, 11) is -3.61. The molecular weight excluding hydrogens is 290 g/mol. The van der Waals surface area contributed by atoms with Gasteiger partial charge in [0.15, 0.2) is 0 Å². The highest BCUT2D eigenvalue weighted by Crippen LogP contribution is 2.15. The molecule has 0 aliphatic carbocycles. The zero-order chi connectivity index (χ0) is 16.0. The van der Waals surface area contributed by atoms with Gasteiger partial charge in [0.05, 0.1) is 4.90 Å². The maximum Gasteiger partial charge on any atom is 0.328 e. The molecule has 6 heteroatoms. The number of rotatable bonds is 7. The summed E-state index contributed by atoms with van der Waals surface area (Å²) in [6, 6.07) is 6.01. The largest absolute Gasteiger partial charge is 0.478 e. The van der Waals surface area contributed by atoms with Crippen molar-refractivity contribution < 1.29 is 18.3 Å². The first-order chi connectivity index (χ1) is 9.76. The number of nitrogens with one attached hydrogen (secondary N) is 1. The van der Waals surface area contributed by atoms with Crippen LogP contribution in [0.5, 0.6) is 0 Å². The van der Waals surface area contributed by atoms with Crippen molar-refractivity contribution in [3.05, 3.63) is 35.9 Å². The van der Waals surface area contributed by atoms with E-state index in [2.05, 4.69) is 4.72 Å². The molecule has 0 saturated carbocycles. The molecule has 0 spiro atoms. The lowest BCUT2D eigenvalue weighted by molar-refractivity contribution is -0.131. The first-order valence-corrected chi connectivity index (χ1v) is 8.28. The van der Waals surface area contributed by atoms with Gasteiger partial charge in [-0.05, 0) is 36.6 Å². The molecule has 116 valence electrons. The van der Waals surface area contributed by atoms with E-state index in [9.17, 15) is 13.2 Å². The van der Waals surface area contributed by atoms with Gasteiger partial charge in [0, 0.05) is 12.1 Å². The quantitative estimate of drug-likeness (QED) is 0.758. The van der Waals surface area contributed by atoms with E-state index in [1.54, 1.807) is 12.1 Å². The predicted molar refractivity (Wildman–Crippen MR) is 82.4 cm³/mol. The molecule has 0 radical (unpaired) electrons. The zero-order valence-electron chi connectivity index (χ0n) is 12.4. The third-order valence-electron chi connectivity index (χ3n) is 3.43. The maximum atomic E-state index is 12.3. The number of carbonyl (C=O) groups is 1. The van der Waals surface area contributed by atoms with Gasteiger partial charge in [-0.25, -0.2) is 17.9 Å². The number of sulfonamides is 1. The monoisotopic (exact) mass is 311 g/mol. The third-order valence-corrected chi connectivity index (χ3v) is 4.98. The maximum absolute atomic E-state index is 12.3. The van der Waals surface area contributed by atoms with Crippen LogP contribution in [0.4, 0.5) is 0 Å². The molecule has 0 aromatic heterocycles. The van der Waals surface area contributed by atoms with Crippen LogP contribution in [-0.2, 0) is 14.8 Å². The highest BCUT2D eigenvalue weighted by Gasteiger charge is 2.20. The minimum atomic E-state index is -3.61. The fourth-order valence-corrected chi connectivity index (χ4v) is 3.14. The molecule has 0 heterocycles. The van der Waals surface area contributed by atoms with Crippen LogP contribution in [0.15, 0.2) is 35.2 Å². The summed E-state index contributed by atoms with van der Waals surface area (Å²) in [6.07, 6.45) is 3.21. The lowest BCUT2D eigenvalue weighted by Gasteiger charge is -2.19. The predicted octanol–water partition coefficient (Wildman–Crippen LogP) is 2.50. The van der Waals surface area contributed by atoms with Crippen molar-refractivity contribution in [2.75, 3.05) is 0 Å². The fraction of sp³-hybridized carbons (Fsp3) is 0.400. The van der Waals surface area contributed by atoms with Crippen LogP contribution in [0.3, 0.4) is 0 Å². The SMILES string of the molecule is CCC(C)C(C)NS(=O)(=O)c1cccc(C=CC(=O)O)c1. The van der Waals surface area contributed by atoms with E-state index in [0.717, 1.165) is 12.5 Å². The van der Waals surface area contributed by atoms with Gasteiger partial charge in [-0.2, -0.15) is 0 Å². The average Bonchev–Trinajstić information content (AvgIpc) is 2.44. The van der Waals surface area contributed by atoms with E-state index in [1.165, 1.54) is 18.2 Å². The molecule has 0 amide bonds. The second kappa shape index (κ2) is 7.38. The van der Waals surface area contributed by atoms with Crippen LogP contribution >= 0.6 is 0 Å². The first-order valence-electron chi connectivity index (χ1n) is 6.79. The topological polar surface area (TPSA) is 83.5 Å². The van der Waals surface area contributed by atoms with E-state index in [1.807, 2.05) is 20.8 Å². The molecule has 1 aromatic rings. The Morgan fingerprint density at radius 2 is 2.05 bits per heavy atom. The van der Waals surface area contributed by atoms with E-state index in [4.69, 9.17) is 5.11 Å². The van der Waals surface area contributed by atoms with E-state index < -0.39 is 16.0 Å². The van der Waals surface area contributed by atoms with Gasteiger partial charge in [0.25, 0.3) is 0 Å². The standard InChI is InChI=1S/C15H21NO4S/c1-4-11(2)12(3)16-21(19,20)14-7-5-6-13(10-14)8-9-15(17)18/h5-12,16H,4H2,1-3H3,(H,17,18). The number of hydrogen-bond acceptors (Lipinski definition) is 3. The highest BCUT2D eigenvalue weighted by molar-refractivity contribution is 7.89. The summed E-state index contributed by atoms with van der Waals surface area (Å²) < 4.78 is 27.3. The minimum Gasteiger partial charge on any atom is -0.478 e. The minimum absolute atomic E-state index is 0.130. The number of carboxylic acid groups (broad SMARTS) is 1. The van der Waals surface area contributed by atoms with E-state index in [-0.39, 0.29) is 16.9 Å². The van der Waals surface area contributed by atoms with Crippen molar-refractivity contribution in [2.45, 2.75) is 38.1 Å². The molecule has 1 aromatic carbocycles. The van der Waals surface area contributed by atoms with Crippen LogP contribution in [0.25, 0.3) is 6.08 Å². The molecule has 5 nitrogen and oxygen atoms in total. The molecule has 2 atom stereocenters. The van der Waals surface area contributed by atoms with Gasteiger partial charge < -0.3 is 5.11 Å². The third kappa shape index (κ3) is 5.32. The molecule has 0 saturated heterocycles. The van der Waals surface area contributed by atoms with Crippen LogP contribution in [0.1, 0.15) is 32.8 Å². The zero-order valence-corrected chi connectivity index (χ0v) is 13.2.